The molecule has 2 rings (SSSR count). The van der Waals surface area contributed by atoms with Crippen LogP contribution in [0.1, 0.15) is 5.56 Å². The lowest BCUT2D eigenvalue weighted by molar-refractivity contribution is 0.583. The van der Waals surface area contributed by atoms with Gasteiger partial charge in [-0.05, 0) is 36.4 Å². The fraction of sp³-hybridized carbons (Fsp3) is 0.133. The van der Waals surface area contributed by atoms with Crippen LogP contribution in [0, 0.1) is 17.1 Å². The minimum atomic E-state index is -3.61. The molecule has 0 amide bonds. The Labute approximate surface area is 142 Å². The van der Waals surface area contributed by atoms with Gasteiger partial charge in [-0.15, -0.1) is 0 Å². The van der Waals surface area contributed by atoms with Crippen LogP contribution < -0.4 is 10.0 Å². The highest BCUT2D eigenvalue weighted by atomic mass is 79.9. The Morgan fingerprint density at radius 2 is 1.83 bits per heavy atom. The Balaban J connectivity index is 1.94. The first-order chi connectivity index (χ1) is 10.9. The molecule has 0 heterocycles. The molecule has 0 unspecified atom stereocenters. The van der Waals surface area contributed by atoms with E-state index in [0.29, 0.717) is 5.69 Å². The van der Waals surface area contributed by atoms with Crippen molar-refractivity contribution in [2.24, 2.45) is 0 Å². The summed E-state index contributed by atoms with van der Waals surface area (Å²) in [6.45, 7) is 0.313. The van der Waals surface area contributed by atoms with Gasteiger partial charge in [-0.2, -0.15) is 5.26 Å². The van der Waals surface area contributed by atoms with E-state index in [2.05, 4.69) is 26.0 Å². The fourth-order valence-corrected chi connectivity index (χ4v) is 3.16. The first-order valence-corrected chi connectivity index (χ1v) is 8.89. The third-order valence-electron chi connectivity index (χ3n) is 2.98. The molecule has 0 atom stereocenters. The molecule has 0 aliphatic carbocycles. The molecule has 2 N–H and O–H groups in total. The van der Waals surface area contributed by atoms with Gasteiger partial charge < -0.3 is 5.32 Å². The minimum absolute atomic E-state index is 0.0942. The lowest BCUT2D eigenvalue weighted by Crippen LogP contribution is -2.29. The van der Waals surface area contributed by atoms with Crippen molar-refractivity contribution in [1.29, 1.82) is 5.26 Å². The van der Waals surface area contributed by atoms with Crippen molar-refractivity contribution in [3.05, 3.63) is 58.3 Å². The van der Waals surface area contributed by atoms with Crippen LogP contribution in [0.3, 0.4) is 0 Å². The van der Waals surface area contributed by atoms with Crippen molar-refractivity contribution in [2.75, 3.05) is 18.4 Å². The molecule has 0 spiro atoms. The van der Waals surface area contributed by atoms with Crippen LogP contribution in [0.25, 0.3) is 0 Å². The van der Waals surface area contributed by atoms with Crippen molar-refractivity contribution in [1.82, 2.24) is 4.72 Å². The number of hydrogen-bond donors (Lipinski definition) is 2. The number of halogens is 2. The number of rotatable bonds is 6. The highest BCUT2D eigenvalue weighted by Gasteiger charge is 2.13. The number of nitrogens with one attached hydrogen (secondary N) is 2. The van der Waals surface area contributed by atoms with Crippen LogP contribution in [-0.2, 0) is 10.0 Å². The lowest BCUT2D eigenvalue weighted by Gasteiger charge is -2.10. The molecular formula is C15H13BrFN3O2S. The zero-order chi connectivity index (χ0) is 16.9. The average molecular weight is 398 g/mol. The Morgan fingerprint density at radius 3 is 2.48 bits per heavy atom. The van der Waals surface area contributed by atoms with Crippen molar-refractivity contribution < 1.29 is 12.8 Å². The maximum absolute atomic E-state index is 13.4. The second kappa shape index (κ2) is 7.55. The van der Waals surface area contributed by atoms with Gasteiger partial charge in [-0.3, -0.25) is 0 Å². The largest absolute Gasteiger partial charge is 0.383 e. The molecule has 0 fully saturated rings. The zero-order valence-corrected chi connectivity index (χ0v) is 14.3. The van der Waals surface area contributed by atoms with Crippen molar-refractivity contribution in [2.45, 2.75) is 4.90 Å². The van der Waals surface area contributed by atoms with E-state index >= 15 is 0 Å². The quantitative estimate of drug-likeness (QED) is 0.734. The van der Waals surface area contributed by atoms with E-state index in [9.17, 15) is 12.8 Å². The lowest BCUT2D eigenvalue weighted by atomic mass is 10.2. The van der Waals surface area contributed by atoms with Gasteiger partial charge >= 0.3 is 0 Å². The molecule has 2 aromatic rings. The van der Waals surface area contributed by atoms with Crippen LogP contribution >= 0.6 is 15.9 Å². The van der Waals surface area contributed by atoms with Crippen LogP contribution in [0.5, 0.6) is 0 Å². The summed E-state index contributed by atoms with van der Waals surface area (Å²) in [6.07, 6.45) is 0. The smallest absolute Gasteiger partial charge is 0.240 e. The van der Waals surface area contributed by atoms with Crippen LogP contribution in [0.2, 0.25) is 0 Å². The molecule has 0 aromatic heterocycles. The van der Waals surface area contributed by atoms with Crippen molar-refractivity contribution in [3.63, 3.8) is 0 Å². The molecular weight excluding hydrogens is 385 g/mol. The summed E-state index contributed by atoms with van der Waals surface area (Å²) in [5.41, 5.74) is 0.235. The van der Waals surface area contributed by atoms with Gasteiger partial charge in [0.1, 0.15) is 17.4 Å². The summed E-state index contributed by atoms with van der Waals surface area (Å²) < 4.78 is 40.8. The maximum atomic E-state index is 13.4. The fourth-order valence-electron chi connectivity index (χ4n) is 1.86. The average Bonchev–Trinajstić information content (AvgIpc) is 2.52. The Kier molecular flexibility index (Phi) is 5.71. The molecule has 2 aromatic carbocycles. The number of anilines is 1. The third-order valence-corrected chi connectivity index (χ3v) is 4.99. The summed E-state index contributed by atoms with van der Waals surface area (Å²) in [7, 11) is -3.61. The molecule has 0 aliphatic heterocycles. The highest BCUT2D eigenvalue weighted by Crippen LogP contribution is 2.17. The van der Waals surface area contributed by atoms with Gasteiger partial charge in [0.2, 0.25) is 10.0 Å². The van der Waals surface area contributed by atoms with Crippen LogP contribution in [0.15, 0.2) is 51.8 Å². The Bertz CT molecular complexity index is 833. The van der Waals surface area contributed by atoms with E-state index < -0.39 is 15.8 Å². The normalized spacial score (nSPS) is 11.0. The summed E-state index contributed by atoms with van der Waals surface area (Å²) >= 11 is 3.24. The van der Waals surface area contributed by atoms with Gasteiger partial charge in [0.15, 0.2) is 0 Å². The van der Waals surface area contributed by atoms with Gasteiger partial charge in [-0.25, -0.2) is 17.5 Å². The minimum Gasteiger partial charge on any atom is -0.383 e. The molecule has 0 saturated carbocycles. The van der Waals surface area contributed by atoms with Gasteiger partial charge in [0, 0.05) is 17.6 Å². The molecule has 0 radical (unpaired) electrons. The van der Waals surface area contributed by atoms with E-state index in [4.69, 9.17) is 5.26 Å². The molecule has 120 valence electrons. The SMILES string of the molecule is N#Cc1c(F)cccc1NCCNS(=O)(=O)c1ccc(Br)cc1. The third kappa shape index (κ3) is 4.51. The number of nitriles is 1. The highest BCUT2D eigenvalue weighted by molar-refractivity contribution is 9.10. The number of benzene rings is 2. The summed E-state index contributed by atoms with van der Waals surface area (Å²) in [5, 5.41) is 11.8. The number of sulfonamides is 1. The van der Waals surface area contributed by atoms with Gasteiger partial charge in [0.05, 0.1) is 10.6 Å². The molecule has 5 nitrogen and oxygen atoms in total. The molecule has 23 heavy (non-hydrogen) atoms. The van der Waals surface area contributed by atoms with E-state index in [1.54, 1.807) is 24.3 Å². The first-order valence-electron chi connectivity index (χ1n) is 6.62. The monoisotopic (exact) mass is 397 g/mol. The Morgan fingerprint density at radius 1 is 1.13 bits per heavy atom. The second-order valence-corrected chi connectivity index (χ2v) is 7.24. The number of nitrogens with zero attached hydrogens (tertiary/aromatic N) is 1. The predicted molar refractivity (Wildman–Crippen MR) is 88.9 cm³/mol. The van der Waals surface area contributed by atoms with E-state index in [1.165, 1.54) is 24.3 Å². The molecule has 0 bridgehead atoms. The summed E-state index contributed by atoms with van der Waals surface area (Å²) in [4.78, 5) is 0.157. The molecule has 0 aliphatic rings. The van der Waals surface area contributed by atoms with Crippen molar-refractivity contribution >= 4 is 31.6 Å². The van der Waals surface area contributed by atoms with Gasteiger partial charge in [0.25, 0.3) is 0 Å². The summed E-state index contributed by atoms with van der Waals surface area (Å²) in [5.74, 6) is -0.618. The Hall–Kier alpha value is -1.95. The summed E-state index contributed by atoms with van der Waals surface area (Å²) in [6, 6.07) is 12.3. The molecule has 8 heteroatoms. The number of hydrogen-bond acceptors (Lipinski definition) is 4. The van der Waals surface area contributed by atoms with Crippen LogP contribution in [-0.4, -0.2) is 21.5 Å². The van der Waals surface area contributed by atoms with Crippen molar-refractivity contribution in [3.8, 4) is 6.07 Å². The van der Waals surface area contributed by atoms with E-state index in [-0.39, 0.29) is 23.5 Å². The van der Waals surface area contributed by atoms with E-state index in [1.807, 2.05) is 0 Å². The first kappa shape index (κ1) is 17.4. The standard InChI is InChI=1S/C15H13BrFN3O2S/c16-11-4-6-12(7-5-11)23(21,22)20-9-8-19-15-3-1-2-14(17)13(15)10-18/h1-7,19-20H,8-9H2. The maximum Gasteiger partial charge on any atom is 0.240 e. The van der Waals surface area contributed by atoms with Gasteiger partial charge in [-0.1, -0.05) is 22.0 Å². The molecule has 0 saturated heterocycles. The zero-order valence-electron chi connectivity index (χ0n) is 11.9. The second-order valence-electron chi connectivity index (χ2n) is 4.55. The predicted octanol–water partition coefficient (Wildman–Crippen LogP) is 2.85. The topological polar surface area (TPSA) is 82.0 Å². The van der Waals surface area contributed by atoms with Crippen LogP contribution in [0.4, 0.5) is 10.1 Å². The van der Waals surface area contributed by atoms with E-state index in [0.717, 1.165) is 4.47 Å².